The van der Waals surface area contributed by atoms with E-state index in [1.807, 2.05) is 0 Å². The zero-order chi connectivity index (χ0) is 11.9. The maximum atomic E-state index is 11.9. The lowest BCUT2D eigenvalue weighted by Gasteiger charge is -2.25. The van der Waals surface area contributed by atoms with Gasteiger partial charge in [0.25, 0.3) is 0 Å². The van der Waals surface area contributed by atoms with Gasteiger partial charge < -0.3 is 16.2 Å². The molecule has 2 rings (SSSR count). The number of hydrogen-bond donors (Lipinski definition) is 3. The van der Waals surface area contributed by atoms with Crippen LogP contribution in [-0.2, 0) is 9.59 Å². The Morgan fingerprint density at radius 1 is 1.38 bits per heavy atom. The summed E-state index contributed by atoms with van der Waals surface area (Å²) in [5.41, 5.74) is 5.02. The van der Waals surface area contributed by atoms with E-state index in [0.29, 0.717) is 0 Å². The van der Waals surface area contributed by atoms with Gasteiger partial charge >= 0.3 is 5.97 Å². The van der Waals surface area contributed by atoms with Crippen molar-refractivity contribution in [1.82, 2.24) is 5.32 Å². The lowest BCUT2D eigenvalue weighted by molar-refractivity contribution is -0.143. The fourth-order valence-electron chi connectivity index (χ4n) is 1.98. The normalized spacial score (nSPS) is 25.6. The first-order chi connectivity index (χ1) is 7.43. The summed E-state index contributed by atoms with van der Waals surface area (Å²) in [4.78, 5) is 22.9. The van der Waals surface area contributed by atoms with E-state index in [-0.39, 0.29) is 17.7 Å². The van der Waals surface area contributed by atoms with Crippen LogP contribution in [-0.4, -0.2) is 28.6 Å². The fourth-order valence-corrected chi connectivity index (χ4v) is 1.98. The smallest absolute Gasteiger partial charge is 0.326 e. The van der Waals surface area contributed by atoms with Gasteiger partial charge in [0.15, 0.2) is 0 Å². The van der Waals surface area contributed by atoms with Gasteiger partial charge in [-0.05, 0) is 44.4 Å². The maximum Gasteiger partial charge on any atom is 0.326 e. The summed E-state index contributed by atoms with van der Waals surface area (Å²) < 4.78 is 0. The van der Waals surface area contributed by atoms with Gasteiger partial charge in [0.05, 0.1) is 5.54 Å². The van der Waals surface area contributed by atoms with Crippen LogP contribution in [0.25, 0.3) is 0 Å². The summed E-state index contributed by atoms with van der Waals surface area (Å²) in [5.74, 6) is -0.977. The van der Waals surface area contributed by atoms with Gasteiger partial charge in [0, 0.05) is 0 Å². The molecule has 0 radical (unpaired) electrons. The summed E-state index contributed by atoms with van der Waals surface area (Å²) in [7, 11) is 0. The Labute approximate surface area is 94.4 Å². The Kier molecular flexibility index (Phi) is 2.66. The van der Waals surface area contributed by atoms with Gasteiger partial charge in [-0.1, -0.05) is 0 Å². The van der Waals surface area contributed by atoms with Crippen LogP contribution in [0.5, 0.6) is 0 Å². The van der Waals surface area contributed by atoms with Crippen molar-refractivity contribution in [3.8, 4) is 0 Å². The number of hydrogen-bond acceptors (Lipinski definition) is 3. The Balaban J connectivity index is 1.96. The van der Waals surface area contributed by atoms with E-state index in [4.69, 9.17) is 10.8 Å². The number of aliphatic carboxylic acids is 1. The molecule has 4 N–H and O–H groups in total. The second-order valence-electron chi connectivity index (χ2n) is 5.18. The standard InChI is InChI=1S/C11H18N2O3/c1-11(12,7-4-5-7)10(16)13-8(9(14)15)6-2-3-6/h6-8H,2-5,12H2,1H3,(H,13,16)(H,14,15). The van der Waals surface area contributed by atoms with E-state index in [1.54, 1.807) is 6.92 Å². The predicted octanol–water partition coefficient (Wildman–Crippen LogP) is 0.0932. The Morgan fingerprint density at radius 3 is 2.31 bits per heavy atom. The summed E-state index contributed by atoms with van der Waals surface area (Å²) in [6.45, 7) is 1.69. The van der Waals surface area contributed by atoms with Crippen LogP contribution in [0.15, 0.2) is 0 Å². The minimum atomic E-state index is -0.956. The van der Waals surface area contributed by atoms with Crippen molar-refractivity contribution >= 4 is 11.9 Å². The quantitative estimate of drug-likeness (QED) is 0.619. The molecule has 5 heteroatoms. The minimum Gasteiger partial charge on any atom is -0.480 e. The average Bonchev–Trinajstić information content (AvgIpc) is 3.03. The van der Waals surface area contributed by atoms with Crippen molar-refractivity contribution in [2.24, 2.45) is 17.6 Å². The third kappa shape index (κ3) is 2.19. The third-order valence-electron chi connectivity index (χ3n) is 3.56. The molecule has 16 heavy (non-hydrogen) atoms. The third-order valence-corrected chi connectivity index (χ3v) is 3.56. The molecule has 2 unspecified atom stereocenters. The second-order valence-corrected chi connectivity index (χ2v) is 5.18. The first-order valence-electron chi connectivity index (χ1n) is 5.75. The largest absolute Gasteiger partial charge is 0.480 e. The molecule has 0 spiro atoms. The molecular formula is C11H18N2O3. The van der Waals surface area contributed by atoms with Crippen LogP contribution in [0.2, 0.25) is 0 Å². The molecule has 0 aromatic carbocycles. The molecule has 2 saturated carbocycles. The molecule has 2 atom stereocenters. The Hall–Kier alpha value is -1.10. The first kappa shape index (κ1) is 11.4. The van der Waals surface area contributed by atoms with Crippen LogP contribution >= 0.6 is 0 Å². The van der Waals surface area contributed by atoms with Crippen molar-refractivity contribution in [2.75, 3.05) is 0 Å². The highest BCUT2D eigenvalue weighted by Gasteiger charge is 2.46. The molecule has 2 fully saturated rings. The van der Waals surface area contributed by atoms with Crippen LogP contribution in [0.3, 0.4) is 0 Å². The predicted molar refractivity (Wildman–Crippen MR) is 57.6 cm³/mol. The SMILES string of the molecule is CC(N)(C(=O)NC(C(=O)O)C1CC1)C1CC1. The highest BCUT2D eigenvalue weighted by atomic mass is 16.4. The van der Waals surface area contributed by atoms with E-state index < -0.39 is 17.6 Å². The molecular weight excluding hydrogens is 208 g/mol. The monoisotopic (exact) mass is 226 g/mol. The van der Waals surface area contributed by atoms with Gasteiger partial charge in [-0.2, -0.15) is 0 Å². The number of carbonyl (C=O) groups is 2. The zero-order valence-electron chi connectivity index (χ0n) is 9.40. The van der Waals surface area contributed by atoms with E-state index >= 15 is 0 Å². The van der Waals surface area contributed by atoms with Crippen molar-refractivity contribution in [3.63, 3.8) is 0 Å². The molecule has 2 aliphatic carbocycles. The number of rotatable bonds is 5. The van der Waals surface area contributed by atoms with E-state index in [1.165, 1.54) is 0 Å². The second kappa shape index (κ2) is 3.73. The first-order valence-corrected chi connectivity index (χ1v) is 5.75. The summed E-state index contributed by atoms with van der Waals surface area (Å²) in [6.07, 6.45) is 3.67. The van der Waals surface area contributed by atoms with Crippen LogP contribution in [0.1, 0.15) is 32.6 Å². The van der Waals surface area contributed by atoms with Crippen molar-refractivity contribution in [1.29, 1.82) is 0 Å². The lowest BCUT2D eigenvalue weighted by atomic mass is 9.95. The summed E-state index contributed by atoms with van der Waals surface area (Å²) in [5, 5.41) is 11.6. The number of carbonyl (C=O) groups excluding carboxylic acids is 1. The molecule has 0 aromatic heterocycles. The number of amides is 1. The topological polar surface area (TPSA) is 92.4 Å². The van der Waals surface area contributed by atoms with Gasteiger partial charge in [-0.15, -0.1) is 0 Å². The molecule has 1 amide bonds. The molecule has 0 bridgehead atoms. The molecule has 0 saturated heterocycles. The average molecular weight is 226 g/mol. The van der Waals surface area contributed by atoms with Crippen LogP contribution in [0.4, 0.5) is 0 Å². The number of nitrogens with one attached hydrogen (secondary N) is 1. The van der Waals surface area contributed by atoms with Crippen LogP contribution in [0, 0.1) is 11.8 Å². The minimum absolute atomic E-state index is 0.0939. The fraction of sp³-hybridized carbons (Fsp3) is 0.818. The van der Waals surface area contributed by atoms with Crippen molar-refractivity contribution < 1.29 is 14.7 Å². The molecule has 0 aromatic rings. The Morgan fingerprint density at radius 2 is 1.94 bits per heavy atom. The molecule has 0 aliphatic heterocycles. The number of nitrogens with two attached hydrogens (primary N) is 1. The number of carboxylic acids is 1. The van der Waals surface area contributed by atoms with Crippen molar-refractivity contribution in [3.05, 3.63) is 0 Å². The van der Waals surface area contributed by atoms with E-state index in [0.717, 1.165) is 25.7 Å². The highest BCUT2D eigenvalue weighted by Crippen LogP contribution is 2.39. The van der Waals surface area contributed by atoms with E-state index in [2.05, 4.69) is 5.32 Å². The highest BCUT2D eigenvalue weighted by molar-refractivity contribution is 5.90. The van der Waals surface area contributed by atoms with Gasteiger partial charge in [0.2, 0.25) is 5.91 Å². The summed E-state index contributed by atoms with van der Waals surface area (Å²) in [6, 6.07) is -0.755. The number of carboxylic acid groups (broad SMARTS) is 1. The van der Waals surface area contributed by atoms with Gasteiger partial charge in [0.1, 0.15) is 6.04 Å². The Bertz CT molecular complexity index is 319. The van der Waals surface area contributed by atoms with E-state index in [9.17, 15) is 9.59 Å². The van der Waals surface area contributed by atoms with Gasteiger partial charge in [-0.25, -0.2) is 4.79 Å². The molecule has 90 valence electrons. The summed E-state index contributed by atoms with van der Waals surface area (Å²) >= 11 is 0. The molecule has 5 nitrogen and oxygen atoms in total. The lowest BCUT2D eigenvalue weighted by Crippen LogP contribution is -2.57. The zero-order valence-corrected chi connectivity index (χ0v) is 9.40. The maximum absolute atomic E-state index is 11.9. The van der Waals surface area contributed by atoms with Gasteiger partial charge in [-0.3, -0.25) is 4.79 Å². The molecule has 0 heterocycles. The van der Waals surface area contributed by atoms with Crippen molar-refractivity contribution in [2.45, 2.75) is 44.2 Å². The molecule has 2 aliphatic rings. The van der Waals surface area contributed by atoms with Crippen LogP contribution < -0.4 is 11.1 Å².